The van der Waals surface area contributed by atoms with E-state index >= 15 is 0 Å². The second-order valence-electron chi connectivity index (χ2n) is 4.22. The number of nitrogens with one attached hydrogen (secondary N) is 1. The van der Waals surface area contributed by atoms with Gasteiger partial charge in [0.15, 0.2) is 0 Å². The minimum atomic E-state index is -0.456. The third-order valence-corrected chi connectivity index (χ3v) is 2.98. The monoisotopic (exact) mass is 251 g/mol. The Morgan fingerprint density at radius 3 is 3.22 bits per heavy atom. The van der Waals surface area contributed by atoms with Crippen LogP contribution in [-0.4, -0.2) is 37.8 Å². The standard InChI is InChI=1S/C12H17N3O3/c1-17-12(16)9-2-4-14-11(10(9)13)15-6-8-3-5-18-7-8/h2,4,8H,3,5-7,13H2,1H3,(H,14,15). The molecule has 1 saturated heterocycles. The molecule has 0 bridgehead atoms. The van der Waals surface area contributed by atoms with Gasteiger partial charge in [0.1, 0.15) is 5.82 Å². The minimum Gasteiger partial charge on any atom is -0.465 e. The zero-order valence-electron chi connectivity index (χ0n) is 10.3. The number of methoxy groups -OCH3 is 1. The number of esters is 1. The first-order valence-corrected chi connectivity index (χ1v) is 5.86. The van der Waals surface area contributed by atoms with E-state index in [9.17, 15) is 4.79 Å². The summed E-state index contributed by atoms with van der Waals surface area (Å²) in [6.07, 6.45) is 2.57. The molecule has 2 heterocycles. The average Bonchev–Trinajstić information content (AvgIpc) is 2.90. The highest BCUT2D eigenvalue weighted by molar-refractivity contribution is 5.97. The number of hydrogen-bond donors (Lipinski definition) is 2. The molecule has 0 radical (unpaired) electrons. The van der Waals surface area contributed by atoms with Crippen molar-refractivity contribution in [2.75, 3.05) is 37.9 Å². The molecule has 6 heteroatoms. The SMILES string of the molecule is COC(=O)c1ccnc(NCC2CCOC2)c1N. The molecule has 2 rings (SSSR count). The van der Waals surface area contributed by atoms with E-state index in [-0.39, 0.29) is 0 Å². The van der Waals surface area contributed by atoms with Crippen molar-refractivity contribution in [2.24, 2.45) is 5.92 Å². The Kier molecular flexibility index (Phi) is 3.99. The first-order chi connectivity index (χ1) is 8.72. The number of aromatic nitrogens is 1. The summed E-state index contributed by atoms with van der Waals surface area (Å²) in [7, 11) is 1.32. The number of nitrogens with two attached hydrogens (primary N) is 1. The number of hydrogen-bond acceptors (Lipinski definition) is 6. The molecule has 0 saturated carbocycles. The predicted octanol–water partition coefficient (Wildman–Crippen LogP) is 0.899. The lowest BCUT2D eigenvalue weighted by atomic mass is 10.1. The van der Waals surface area contributed by atoms with Gasteiger partial charge in [-0.25, -0.2) is 9.78 Å². The number of anilines is 2. The van der Waals surface area contributed by atoms with Crippen LogP contribution in [0.5, 0.6) is 0 Å². The fourth-order valence-corrected chi connectivity index (χ4v) is 1.89. The van der Waals surface area contributed by atoms with Gasteiger partial charge in [0.05, 0.1) is 25.0 Å². The molecule has 6 nitrogen and oxygen atoms in total. The second-order valence-corrected chi connectivity index (χ2v) is 4.22. The van der Waals surface area contributed by atoms with Crippen LogP contribution in [0.25, 0.3) is 0 Å². The first kappa shape index (κ1) is 12.6. The van der Waals surface area contributed by atoms with Crippen LogP contribution >= 0.6 is 0 Å². The van der Waals surface area contributed by atoms with Crippen LogP contribution in [0, 0.1) is 5.92 Å². The summed E-state index contributed by atoms with van der Waals surface area (Å²) in [5, 5.41) is 3.15. The summed E-state index contributed by atoms with van der Waals surface area (Å²) >= 11 is 0. The third-order valence-electron chi connectivity index (χ3n) is 2.98. The van der Waals surface area contributed by atoms with Crippen molar-refractivity contribution in [1.29, 1.82) is 0 Å². The molecule has 98 valence electrons. The number of carbonyl (C=O) groups is 1. The molecule has 0 spiro atoms. The number of ether oxygens (including phenoxy) is 2. The number of nitrogens with zero attached hydrogens (tertiary/aromatic N) is 1. The van der Waals surface area contributed by atoms with Crippen LogP contribution in [-0.2, 0) is 9.47 Å². The highest BCUT2D eigenvalue weighted by atomic mass is 16.5. The quantitative estimate of drug-likeness (QED) is 0.773. The van der Waals surface area contributed by atoms with Crippen LogP contribution in [0.4, 0.5) is 11.5 Å². The van der Waals surface area contributed by atoms with Gasteiger partial charge in [-0.05, 0) is 12.5 Å². The molecule has 1 aromatic rings. The van der Waals surface area contributed by atoms with Crippen molar-refractivity contribution < 1.29 is 14.3 Å². The van der Waals surface area contributed by atoms with Gasteiger partial charge in [0, 0.05) is 25.3 Å². The average molecular weight is 251 g/mol. The molecule has 0 aliphatic carbocycles. The third kappa shape index (κ3) is 2.70. The highest BCUT2D eigenvalue weighted by Gasteiger charge is 2.17. The Balaban J connectivity index is 2.05. The number of nitrogen functional groups attached to an aromatic ring is 1. The molecular formula is C12H17N3O3. The lowest BCUT2D eigenvalue weighted by Gasteiger charge is -2.13. The van der Waals surface area contributed by atoms with Gasteiger partial charge in [-0.2, -0.15) is 0 Å². The van der Waals surface area contributed by atoms with E-state index < -0.39 is 5.97 Å². The minimum absolute atomic E-state index is 0.322. The topological polar surface area (TPSA) is 86.5 Å². The Bertz CT molecular complexity index is 431. The van der Waals surface area contributed by atoms with Crippen LogP contribution in [0.2, 0.25) is 0 Å². The molecule has 0 aromatic carbocycles. The molecule has 1 atom stereocenters. The molecule has 3 N–H and O–H groups in total. The van der Waals surface area contributed by atoms with E-state index in [4.69, 9.17) is 10.5 Å². The molecule has 1 aliphatic heterocycles. The van der Waals surface area contributed by atoms with Crippen molar-refractivity contribution in [3.8, 4) is 0 Å². The zero-order chi connectivity index (χ0) is 13.0. The van der Waals surface area contributed by atoms with Crippen molar-refractivity contribution in [3.05, 3.63) is 17.8 Å². The van der Waals surface area contributed by atoms with Crippen molar-refractivity contribution >= 4 is 17.5 Å². The Hall–Kier alpha value is -1.82. The smallest absolute Gasteiger partial charge is 0.340 e. The summed E-state index contributed by atoms with van der Waals surface area (Å²) < 4.78 is 9.94. The summed E-state index contributed by atoms with van der Waals surface area (Å²) in [4.78, 5) is 15.6. The Labute approximate surface area is 105 Å². The number of carbonyl (C=O) groups excluding carboxylic acids is 1. The molecular weight excluding hydrogens is 234 g/mol. The van der Waals surface area contributed by atoms with Gasteiger partial charge in [-0.1, -0.05) is 0 Å². The van der Waals surface area contributed by atoms with Crippen LogP contribution in [0.1, 0.15) is 16.8 Å². The number of rotatable bonds is 4. The van der Waals surface area contributed by atoms with Gasteiger partial charge in [0.25, 0.3) is 0 Å². The predicted molar refractivity (Wildman–Crippen MR) is 67.4 cm³/mol. The van der Waals surface area contributed by atoms with Gasteiger partial charge < -0.3 is 20.5 Å². The lowest BCUT2D eigenvalue weighted by molar-refractivity contribution is 0.0602. The van der Waals surface area contributed by atoms with Gasteiger partial charge >= 0.3 is 5.97 Å². The Morgan fingerprint density at radius 1 is 1.72 bits per heavy atom. The van der Waals surface area contributed by atoms with Crippen LogP contribution in [0.3, 0.4) is 0 Å². The van der Waals surface area contributed by atoms with Crippen molar-refractivity contribution in [2.45, 2.75) is 6.42 Å². The molecule has 1 unspecified atom stereocenters. The number of pyridine rings is 1. The zero-order valence-corrected chi connectivity index (χ0v) is 10.3. The first-order valence-electron chi connectivity index (χ1n) is 5.86. The normalized spacial score (nSPS) is 18.6. The maximum atomic E-state index is 11.5. The summed E-state index contributed by atoms with van der Waals surface area (Å²) in [5.41, 5.74) is 6.54. The van der Waals surface area contributed by atoms with E-state index in [1.807, 2.05) is 0 Å². The largest absolute Gasteiger partial charge is 0.465 e. The van der Waals surface area contributed by atoms with Crippen molar-refractivity contribution in [3.63, 3.8) is 0 Å². The summed E-state index contributed by atoms with van der Waals surface area (Å²) in [6.45, 7) is 2.29. The maximum Gasteiger partial charge on any atom is 0.340 e. The fourth-order valence-electron chi connectivity index (χ4n) is 1.89. The molecule has 0 amide bonds. The van der Waals surface area contributed by atoms with E-state index in [0.717, 1.165) is 26.2 Å². The van der Waals surface area contributed by atoms with E-state index in [1.165, 1.54) is 13.3 Å². The van der Waals surface area contributed by atoms with Gasteiger partial charge in [-0.3, -0.25) is 0 Å². The molecule has 1 aliphatic rings. The summed E-state index contributed by atoms with van der Waals surface area (Å²) in [6, 6.07) is 1.55. The van der Waals surface area contributed by atoms with Crippen molar-refractivity contribution in [1.82, 2.24) is 4.98 Å². The molecule has 1 aromatic heterocycles. The van der Waals surface area contributed by atoms with E-state index in [0.29, 0.717) is 23.0 Å². The maximum absolute atomic E-state index is 11.5. The fraction of sp³-hybridized carbons (Fsp3) is 0.500. The van der Waals surface area contributed by atoms with Gasteiger partial charge in [0.2, 0.25) is 0 Å². The lowest BCUT2D eigenvalue weighted by Crippen LogP contribution is -2.17. The molecule has 1 fully saturated rings. The van der Waals surface area contributed by atoms with Gasteiger partial charge in [-0.15, -0.1) is 0 Å². The highest BCUT2D eigenvalue weighted by Crippen LogP contribution is 2.22. The summed E-state index contributed by atoms with van der Waals surface area (Å²) in [5.74, 6) is 0.528. The van der Waals surface area contributed by atoms with E-state index in [1.54, 1.807) is 6.07 Å². The molecule has 18 heavy (non-hydrogen) atoms. The van der Waals surface area contributed by atoms with Crippen LogP contribution in [0.15, 0.2) is 12.3 Å². The Morgan fingerprint density at radius 2 is 2.56 bits per heavy atom. The second kappa shape index (κ2) is 5.68. The van der Waals surface area contributed by atoms with E-state index in [2.05, 4.69) is 15.0 Å². The van der Waals surface area contributed by atoms with Crippen LogP contribution < -0.4 is 11.1 Å².